The van der Waals surface area contributed by atoms with Crippen molar-refractivity contribution in [3.8, 4) is 22.3 Å². The Labute approximate surface area is 233 Å². The first-order valence-corrected chi connectivity index (χ1v) is 13.7. The number of hydrogen-bond acceptors (Lipinski definition) is 1. The lowest BCUT2D eigenvalue weighted by molar-refractivity contribution is 0.793. The van der Waals surface area contributed by atoms with Crippen LogP contribution in [0, 0.1) is 0 Å². The summed E-state index contributed by atoms with van der Waals surface area (Å²) in [4.78, 5) is 2.34. The van der Waals surface area contributed by atoms with Gasteiger partial charge in [0.2, 0.25) is 0 Å². The van der Waals surface area contributed by atoms with E-state index >= 15 is 0 Å². The molecular formula is C37H24ClN. The Bertz CT molecular complexity index is 1840. The summed E-state index contributed by atoms with van der Waals surface area (Å²) < 4.78 is 0. The second kappa shape index (κ2) is 8.46. The van der Waals surface area contributed by atoms with E-state index in [1.807, 2.05) is 6.07 Å². The molecule has 0 fully saturated rings. The molecule has 0 bridgehead atoms. The second-order valence-electron chi connectivity index (χ2n) is 10.2. The summed E-state index contributed by atoms with van der Waals surface area (Å²) in [5.74, 6) is 0. The molecule has 2 aliphatic carbocycles. The summed E-state index contributed by atoms with van der Waals surface area (Å²) in [6.07, 6.45) is 0. The van der Waals surface area contributed by atoms with Crippen molar-refractivity contribution in [1.82, 2.24) is 0 Å². The van der Waals surface area contributed by atoms with Crippen molar-refractivity contribution in [3.05, 3.63) is 173 Å². The molecule has 0 amide bonds. The lowest BCUT2D eigenvalue weighted by Crippen LogP contribution is -2.26. The standard InChI is InChI=1S/C37H24ClN/c38-35-21-11-20-33-36(35)30-17-8-10-19-32(30)37(33)31-18-9-7-16-28(31)29-23-22-27(24-34(29)37)39(25-12-3-1-4-13-25)26-14-5-2-6-15-26/h1-24H. The Morgan fingerprint density at radius 2 is 0.949 bits per heavy atom. The number of nitrogens with zero attached hydrogens (tertiary/aromatic N) is 1. The van der Waals surface area contributed by atoms with Crippen LogP contribution in [-0.2, 0) is 5.41 Å². The van der Waals surface area contributed by atoms with Gasteiger partial charge in [0.05, 0.1) is 5.41 Å². The predicted octanol–water partition coefficient (Wildman–Crippen LogP) is 10.2. The monoisotopic (exact) mass is 517 g/mol. The van der Waals surface area contributed by atoms with Crippen molar-refractivity contribution in [2.45, 2.75) is 5.41 Å². The van der Waals surface area contributed by atoms with Gasteiger partial charge in [0.25, 0.3) is 0 Å². The van der Waals surface area contributed by atoms with Gasteiger partial charge in [-0.1, -0.05) is 115 Å². The van der Waals surface area contributed by atoms with E-state index in [0.29, 0.717) is 0 Å². The van der Waals surface area contributed by atoms with Crippen LogP contribution in [0.2, 0.25) is 5.02 Å². The van der Waals surface area contributed by atoms with Crippen LogP contribution in [0.5, 0.6) is 0 Å². The minimum atomic E-state index is -0.433. The molecule has 1 nitrogen and oxygen atoms in total. The smallest absolute Gasteiger partial charge is 0.0726 e. The zero-order valence-corrected chi connectivity index (χ0v) is 21.9. The molecule has 0 aromatic heterocycles. The van der Waals surface area contributed by atoms with Crippen molar-refractivity contribution in [3.63, 3.8) is 0 Å². The van der Waals surface area contributed by atoms with E-state index in [-0.39, 0.29) is 0 Å². The molecule has 0 saturated carbocycles. The number of para-hydroxylation sites is 2. The number of anilines is 3. The highest BCUT2D eigenvalue weighted by Crippen LogP contribution is 2.64. The van der Waals surface area contributed by atoms with Crippen LogP contribution in [0.25, 0.3) is 22.3 Å². The Morgan fingerprint density at radius 1 is 0.410 bits per heavy atom. The molecular weight excluding hydrogens is 494 g/mol. The van der Waals surface area contributed by atoms with E-state index in [1.165, 1.54) is 38.9 Å². The molecule has 1 atom stereocenters. The van der Waals surface area contributed by atoms with Crippen molar-refractivity contribution >= 4 is 28.7 Å². The number of hydrogen-bond donors (Lipinski definition) is 0. The Morgan fingerprint density at radius 3 is 1.64 bits per heavy atom. The second-order valence-corrected chi connectivity index (χ2v) is 10.6. The maximum Gasteiger partial charge on any atom is 0.0726 e. The summed E-state index contributed by atoms with van der Waals surface area (Å²) in [5, 5.41) is 0.800. The fourth-order valence-electron chi connectivity index (χ4n) is 6.87. The first-order chi connectivity index (χ1) is 19.3. The highest BCUT2D eigenvalue weighted by molar-refractivity contribution is 6.34. The van der Waals surface area contributed by atoms with Gasteiger partial charge in [-0.15, -0.1) is 0 Å². The van der Waals surface area contributed by atoms with Gasteiger partial charge < -0.3 is 4.90 Å². The average molecular weight is 518 g/mol. The molecule has 0 radical (unpaired) electrons. The van der Waals surface area contributed by atoms with Gasteiger partial charge in [-0.3, -0.25) is 0 Å². The van der Waals surface area contributed by atoms with Crippen LogP contribution in [-0.4, -0.2) is 0 Å². The lowest BCUT2D eigenvalue weighted by Gasteiger charge is -2.32. The summed E-state index contributed by atoms with van der Waals surface area (Å²) in [6, 6.07) is 52.2. The lowest BCUT2D eigenvalue weighted by atomic mass is 9.70. The van der Waals surface area contributed by atoms with Crippen LogP contribution < -0.4 is 4.90 Å². The fourth-order valence-corrected chi connectivity index (χ4v) is 7.15. The van der Waals surface area contributed by atoms with Gasteiger partial charge in [-0.2, -0.15) is 0 Å². The van der Waals surface area contributed by atoms with E-state index < -0.39 is 5.41 Å². The van der Waals surface area contributed by atoms with Gasteiger partial charge in [0.1, 0.15) is 0 Å². The maximum absolute atomic E-state index is 6.95. The molecule has 2 aliphatic rings. The summed E-state index contributed by atoms with van der Waals surface area (Å²) >= 11 is 6.95. The van der Waals surface area contributed by atoms with Gasteiger partial charge >= 0.3 is 0 Å². The Kier molecular flexibility index (Phi) is 4.86. The minimum absolute atomic E-state index is 0.433. The van der Waals surface area contributed by atoms with Gasteiger partial charge in [0, 0.05) is 27.6 Å². The quantitative estimate of drug-likeness (QED) is 0.225. The third-order valence-corrected chi connectivity index (χ3v) is 8.65. The first kappa shape index (κ1) is 22.4. The zero-order valence-electron chi connectivity index (χ0n) is 21.2. The number of rotatable bonds is 3. The van der Waals surface area contributed by atoms with Crippen molar-refractivity contribution in [2.24, 2.45) is 0 Å². The molecule has 184 valence electrons. The average Bonchev–Trinajstić information content (AvgIpc) is 3.46. The van der Waals surface area contributed by atoms with E-state index in [4.69, 9.17) is 11.6 Å². The third-order valence-electron chi connectivity index (χ3n) is 8.33. The van der Waals surface area contributed by atoms with E-state index in [2.05, 4.69) is 144 Å². The van der Waals surface area contributed by atoms with E-state index in [9.17, 15) is 0 Å². The molecule has 0 saturated heterocycles. The van der Waals surface area contributed by atoms with Crippen LogP contribution in [0.3, 0.4) is 0 Å². The Balaban J connectivity index is 1.47. The molecule has 39 heavy (non-hydrogen) atoms. The largest absolute Gasteiger partial charge is 0.310 e. The fraction of sp³-hybridized carbons (Fsp3) is 0.0270. The molecule has 1 unspecified atom stereocenters. The first-order valence-electron chi connectivity index (χ1n) is 13.3. The molecule has 0 N–H and O–H groups in total. The molecule has 1 spiro atoms. The van der Waals surface area contributed by atoms with Crippen molar-refractivity contribution < 1.29 is 0 Å². The molecule has 0 aliphatic heterocycles. The van der Waals surface area contributed by atoms with Gasteiger partial charge in [0.15, 0.2) is 0 Å². The predicted molar refractivity (Wildman–Crippen MR) is 162 cm³/mol. The summed E-state index contributed by atoms with van der Waals surface area (Å²) in [7, 11) is 0. The van der Waals surface area contributed by atoms with E-state index in [1.54, 1.807) is 0 Å². The SMILES string of the molecule is Clc1cccc2c1-c1ccccc1C21c2ccccc2-c2ccc(N(c3ccccc3)c3ccccc3)cc21. The van der Waals surface area contributed by atoms with Gasteiger partial charge in [-0.05, 0) is 81.4 Å². The molecule has 0 heterocycles. The highest BCUT2D eigenvalue weighted by Gasteiger charge is 2.52. The molecule has 8 rings (SSSR count). The zero-order chi connectivity index (χ0) is 26.0. The number of fused-ring (bicyclic) bond motifs is 10. The normalized spacial score (nSPS) is 15.9. The maximum atomic E-state index is 6.95. The molecule has 6 aromatic rings. The van der Waals surface area contributed by atoms with Crippen molar-refractivity contribution in [1.29, 1.82) is 0 Å². The third kappa shape index (κ3) is 3.02. The van der Waals surface area contributed by atoms with E-state index in [0.717, 1.165) is 27.6 Å². The van der Waals surface area contributed by atoms with Crippen LogP contribution in [0.4, 0.5) is 17.1 Å². The number of halogens is 1. The van der Waals surface area contributed by atoms with Crippen LogP contribution in [0.1, 0.15) is 22.3 Å². The summed E-state index contributed by atoms with van der Waals surface area (Å²) in [6.45, 7) is 0. The number of benzene rings is 6. The van der Waals surface area contributed by atoms with Crippen molar-refractivity contribution in [2.75, 3.05) is 4.90 Å². The van der Waals surface area contributed by atoms with Gasteiger partial charge in [-0.25, -0.2) is 0 Å². The molecule has 6 aromatic carbocycles. The Hall–Kier alpha value is -4.59. The highest BCUT2D eigenvalue weighted by atomic mass is 35.5. The summed E-state index contributed by atoms with van der Waals surface area (Å²) in [5.41, 5.74) is 13.0. The topological polar surface area (TPSA) is 3.24 Å². The van der Waals surface area contributed by atoms with Crippen LogP contribution in [0.15, 0.2) is 146 Å². The molecule has 2 heteroatoms. The van der Waals surface area contributed by atoms with Crippen LogP contribution >= 0.6 is 11.6 Å². The minimum Gasteiger partial charge on any atom is -0.310 e.